The van der Waals surface area contributed by atoms with Crippen molar-refractivity contribution in [3.05, 3.63) is 64.2 Å². The molecule has 1 atom stereocenters. The van der Waals surface area contributed by atoms with E-state index in [1.807, 2.05) is 58.9 Å². The van der Waals surface area contributed by atoms with Crippen LogP contribution < -0.4 is 10.1 Å². The molecule has 2 amide bonds. The Bertz CT molecular complexity index is 923. The first-order valence-electron chi connectivity index (χ1n) is 11.6. The molecule has 2 rings (SSSR count). The minimum atomic E-state index is -0.538. The Labute approximate surface area is 193 Å². The number of aryl methyl sites for hydroxylation is 3. The van der Waals surface area contributed by atoms with Crippen molar-refractivity contribution < 1.29 is 14.3 Å². The molecule has 0 spiro atoms. The normalized spacial score (nSPS) is 11.7. The SMILES string of the molecule is CCCCNC(=O)C(CC)N(Cc1cccc(C)c1)C(=O)COc1cc(C)cc(C)c1C. The van der Waals surface area contributed by atoms with E-state index in [1.54, 1.807) is 4.90 Å². The van der Waals surface area contributed by atoms with E-state index in [4.69, 9.17) is 4.74 Å². The van der Waals surface area contributed by atoms with Gasteiger partial charge in [0.25, 0.3) is 5.91 Å². The van der Waals surface area contributed by atoms with E-state index >= 15 is 0 Å². The van der Waals surface area contributed by atoms with Gasteiger partial charge in [-0.3, -0.25) is 9.59 Å². The maximum absolute atomic E-state index is 13.3. The predicted octanol–water partition coefficient (Wildman–Crippen LogP) is 5.02. The largest absolute Gasteiger partial charge is 0.483 e. The number of hydrogen-bond donors (Lipinski definition) is 1. The minimum Gasteiger partial charge on any atom is -0.483 e. The number of carbonyl (C=O) groups is 2. The zero-order valence-corrected chi connectivity index (χ0v) is 20.5. The van der Waals surface area contributed by atoms with Crippen molar-refractivity contribution in [3.8, 4) is 5.75 Å². The van der Waals surface area contributed by atoms with E-state index in [9.17, 15) is 9.59 Å². The van der Waals surface area contributed by atoms with Gasteiger partial charge in [-0.1, -0.05) is 56.2 Å². The van der Waals surface area contributed by atoms with Crippen LogP contribution in [0.1, 0.15) is 60.9 Å². The number of unbranched alkanes of at least 4 members (excludes halogenated alkanes) is 1. The molecule has 0 aliphatic rings. The minimum absolute atomic E-state index is 0.103. The summed E-state index contributed by atoms with van der Waals surface area (Å²) >= 11 is 0. The Morgan fingerprint density at radius 3 is 2.44 bits per heavy atom. The lowest BCUT2D eigenvalue weighted by Gasteiger charge is -2.31. The highest BCUT2D eigenvalue weighted by molar-refractivity contribution is 5.88. The van der Waals surface area contributed by atoms with Gasteiger partial charge in [-0.2, -0.15) is 0 Å². The Kier molecular flexibility index (Phi) is 9.76. The van der Waals surface area contributed by atoms with Crippen molar-refractivity contribution in [2.24, 2.45) is 0 Å². The van der Waals surface area contributed by atoms with Gasteiger partial charge < -0.3 is 15.0 Å². The Hall–Kier alpha value is -2.82. The van der Waals surface area contributed by atoms with Gasteiger partial charge in [-0.05, 0) is 68.9 Å². The average Bonchev–Trinajstić information content (AvgIpc) is 2.75. The summed E-state index contributed by atoms with van der Waals surface area (Å²) < 4.78 is 5.95. The molecule has 0 heterocycles. The van der Waals surface area contributed by atoms with E-state index in [2.05, 4.69) is 24.4 Å². The van der Waals surface area contributed by atoms with Crippen LogP contribution in [0.2, 0.25) is 0 Å². The molecule has 174 valence electrons. The molecule has 5 nitrogen and oxygen atoms in total. The van der Waals surface area contributed by atoms with Gasteiger partial charge in [-0.15, -0.1) is 0 Å². The molecule has 0 aliphatic heterocycles. The zero-order chi connectivity index (χ0) is 23.7. The predicted molar refractivity (Wildman–Crippen MR) is 130 cm³/mol. The summed E-state index contributed by atoms with van der Waals surface area (Å²) in [7, 11) is 0. The van der Waals surface area contributed by atoms with E-state index in [-0.39, 0.29) is 18.4 Å². The number of amides is 2. The van der Waals surface area contributed by atoms with E-state index in [0.29, 0.717) is 25.3 Å². The van der Waals surface area contributed by atoms with Crippen LogP contribution in [0.4, 0.5) is 0 Å². The highest BCUT2D eigenvalue weighted by Crippen LogP contribution is 2.23. The molecule has 0 aromatic heterocycles. The second-order valence-corrected chi connectivity index (χ2v) is 8.57. The molecule has 2 aromatic rings. The van der Waals surface area contributed by atoms with Crippen LogP contribution in [0.25, 0.3) is 0 Å². The molecule has 0 saturated heterocycles. The van der Waals surface area contributed by atoms with E-state index in [0.717, 1.165) is 40.7 Å². The lowest BCUT2D eigenvalue weighted by atomic mass is 10.1. The molecule has 1 unspecified atom stereocenters. The number of carbonyl (C=O) groups excluding carboxylic acids is 2. The zero-order valence-electron chi connectivity index (χ0n) is 20.5. The second kappa shape index (κ2) is 12.3. The van der Waals surface area contributed by atoms with Crippen LogP contribution in [0.5, 0.6) is 5.75 Å². The molecule has 5 heteroatoms. The standard InChI is InChI=1S/C27H38N2O3/c1-7-9-13-28-27(31)24(8-2)29(17-23-12-10-11-19(3)15-23)26(30)18-32-25-16-20(4)14-21(5)22(25)6/h10-12,14-16,24H,7-9,13,17-18H2,1-6H3,(H,28,31). The molecule has 32 heavy (non-hydrogen) atoms. The summed E-state index contributed by atoms with van der Waals surface area (Å²) in [5, 5.41) is 2.99. The third kappa shape index (κ3) is 7.11. The Balaban J connectivity index is 2.23. The molecule has 0 aliphatic carbocycles. The van der Waals surface area contributed by atoms with Crippen LogP contribution in [-0.4, -0.2) is 35.9 Å². The monoisotopic (exact) mass is 438 g/mol. The van der Waals surface area contributed by atoms with E-state index < -0.39 is 6.04 Å². The number of ether oxygens (including phenoxy) is 1. The molecule has 0 saturated carbocycles. The topological polar surface area (TPSA) is 58.6 Å². The summed E-state index contributed by atoms with van der Waals surface area (Å²) in [5.41, 5.74) is 5.37. The fourth-order valence-corrected chi connectivity index (χ4v) is 3.81. The van der Waals surface area contributed by atoms with Gasteiger partial charge in [0.1, 0.15) is 11.8 Å². The van der Waals surface area contributed by atoms with Crippen LogP contribution in [0.15, 0.2) is 36.4 Å². The van der Waals surface area contributed by atoms with Gasteiger partial charge in [0.2, 0.25) is 5.91 Å². The van der Waals surface area contributed by atoms with Crippen LogP contribution in [0.3, 0.4) is 0 Å². The Morgan fingerprint density at radius 2 is 1.78 bits per heavy atom. The molecular weight excluding hydrogens is 400 g/mol. The molecule has 1 N–H and O–H groups in total. The Morgan fingerprint density at radius 1 is 1.03 bits per heavy atom. The van der Waals surface area contributed by atoms with Gasteiger partial charge >= 0.3 is 0 Å². The number of nitrogens with one attached hydrogen (secondary N) is 1. The van der Waals surface area contributed by atoms with Gasteiger partial charge in [0.15, 0.2) is 6.61 Å². The maximum Gasteiger partial charge on any atom is 0.261 e. The lowest BCUT2D eigenvalue weighted by Crippen LogP contribution is -2.50. The van der Waals surface area contributed by atoms with Crippen LogP contribution >= 0.6 is 0 Å². The van der Waals surface area contributed by atoms with Crippen molar-refractivity contribution >= 4 is 11.8 Å². The number of hydrogen-bond acceptors (Lipinski definition) is 3. The first-order chi connectivity index (χ1) is 15.3. The van der Waals surface area contributed by atoms with Crippen molar-refractivity contribution in [2.45, 2.75) is 73.4 Å². The molecule has 0 radical (unpaired) electrons. The molecule has 2 aromatic carbocycles. The lowest BCUT2D eigenvalue weighted by molar-refractivity contribution is -0.143. The summed E-state index contributed by atoms with van der Waals surface area (Å²) in [5.74, 6) is 0.416. The quantitative estimate of drug-likeness (QED) is 0.501. The first kappa shape index (κ1) is 25.4. The fourth-order valence-electron chi connectivity index (χ4n) is 3.81. The summed E-state index contributed by atoms with van der Waals surface area (Å²) in [6.07, 6.45) is 2.47. The van der Waals surface area contributed by atoms with Crippen molar-refractivity contribution in [2.75, 3.05) is 13.2 Å². The smallest absolute Gasteiger partial charge is 0.261 e. The van der Waals surface area contributed by atoms with Crippen molar-refractivity contribution in [1.29, 1.82) is 0 Å². The highest BCUT2D eigenvalue weighted by atomic mass is 16.5. The van der Waals surface area contributed by atoms with Gasteiger partial charge in [-0.25, -0.2) is 0 Å². The first-order valence-corrected chi connectivity index (χ1v) is 11.6. The van der Waals surface area contributed by atoms with Gasteiger partial charge in [0, 0.05) is 13.1 Å². The maximum atomic E-state index is 13.3. The van der Waals surface area contributed by atoms with E-state index in [1.165, 1.54) is 0 Å². The summed E-state index contributed by atoms with van der Waals surface area (Å²) in [4.78, 5) is 27.9. The molecular formula is C27H38N2O3. The number of benzene rings is 2. The summed E-state index contributed by atoms with van der Waals surface area (Å²) in [6, 6.07) is 11.6. The average molecular weight is 439 g/mol. The highest BCUT2D eigenvalue weighted by Gasteiger charge is 2.29. The number of rotatable bonds is 11. The van der Waals surface area contributed by atoms with Crippen molar-refractivity contribution in [1.82, 2.24) is 10.2 Å². The van der Waals surface area contributed by atoms with Crippen LogP contribution in [0, 0.1) is 27.7 Å². The van der Waals surface area contributed by atoms with Crippen LogP contribution in [-0.2, 0) is 16.1 Å². The third-order valence-corrected chi connectivity index (χ3v) is 5.77. The van der Waals surface area contributed by atoms with Crippen molar-refractivity contribution in [3.63, 3.8) is 0 Å². The fraction of sp³-hybridized carbons (Fsp3) is 0.481. The van der Waals surface area contributed by atoms with Gasteiger partial charge in [0.05, 0.1) is 0 Å². The molecule has 0 bridgehead atoms. The second-order valence-electron chi connectivity index (χ2n) is 8.57. The third-order valence-electron chi connectivity index (χ3n) is 5.77. The molecule has 0 fully saturated rings. The number of nitrogens with zero attached hydrogens (tertiary/aromatic N) is 1. The summed E-state index contributed by atoms with van der Waals surface area (Å²) in [6.45, 7) is 13.0.